The van der Waals surface area contributed by atoms with Gasteiger partial charge in [-0.2, -0.15) is 9.80 Å². The molecule has 0 radical (unpaired) electrons. The minimum atomic E-state index is -0.750. The molecule has 8 heteroatoms. The van der Waals surface area contributed by atoms with Crippen LogP contribution in [0.25, 0.3) is 0 Å². The van der Waals surface area contributed by atoms with Crippen LogP contribution in [0.4, 0.5) is 0 Å². The fourth-order valence-corrected chi connectivity index (χ4v) is 0. The largest absolute Gasteiger partial charge is 1.00 e. The predicted molar refractivity (Wildman–Crippen MR) is 28.2 cm³/mol. The van der Waals surface area contributed by atoms with Crippen LogP contribution < -0.4 is 103 Å². The van der Waals surface area contributed by atoms with Gasteiger partial charge in [-0.3, -0.25) is 0 Å². The topological polar surface area (TPSA) is 98.3 Å². The molecule has 0 aromatic carbocycles. The van der Waals surface area contributed by atoms with Gasteiger partial charge in [-0.25, -0.2) is 0 Å². The maximum Gasteiger partial charge on any atom is 1.00 e. The van der Waals surface area contributed by atoms with Crippen molar-refractivity contribution in [3.63, 3.8) is 0 Å². The molecule has 10 heavy (non-hydrogen) atoms. The van der Waals surface area contributed by atoms with Crippen molar-refractivity contribution < 1.29 is 113 Å². The summed E-state index contributed by atoms with van der Waals surface area (Å²) < 4.78 is 0. The van der Waals surface area contributed by atoms with Gasteiger partial charge >= 0.3 is 103 Å². The van der Waals surface area contributed by atoms with Crippen LogP contribution in [0.15, 0.2) is 0 Å². The van der Waals surface area contributed by atoms with Gasteiger partial charge in [0.15, 0.2) is 13.4 Å². The van der Waals surface area contributed by atoms with Gasteiger partial charge in [-0.15, -0.1) is 0 Å². The molecule has 0 atom stereocenters. The van der Waals surface area contributed by atoms with E-state index in [0.717, 1.165) is 0 Å². The molecular formula is C2H4K2N2O4. The first-order valence-corrected chi connectivity index (χ1v) is 1.36. The van der Waals surface area contributed by atoms with E-state index in [2.05, 4.69) is 13.4 Å². The monoisotopic (exact) mass is 198 g/mol. The molecule has 6 nitrogen and oxygen atoms in total. The van der Waals surface area contributed by atoms with Crippen molar-refractivity contribution in [2.45, 2.75) is 0 Å². The third-order valence-corrected chi connectivity index (χ3v) is 0. The minimum Gasteiger partial charge on any atom is -0.613 e. The fraction of sp³-hybridized carbons (Fsp3) is 0. The van der Waals surface area contributed by atoms with Crippen LogP contribution in [-0.4, -0.2) is 23.2 Å². The molecule has 0 aromatic rings. The van der Waals surface area contributed by atoms with Crippen LogP contribution in [0.1, 0.15) is 0 Å². The molecule has 0 amide bonds. The third kappa shape index (κ3) is 232. The molecule has 48 valence electrons. The minimum absolute atomic E-state index is 0. The average molecular weight is 198 g/mol. The van der Waals surface area contributed by atoms with Crippen LogP contribution >= 0.6 is 0 Å². The maximum absolute atomic E-state index is 8.69. The molecule has 0 fully saturated rings. The van der Waals surface area contributed by atoms with Crippen molar-refractivity contribution in [3.8, 4) is 0 Å². The Morgan fingerprint density at radius 1 is 0.700 bits per heavy atom. The molecule has 0 saturated carbocycles. The van der Waals surface area contributed by atoms with Gasteiger partial charge in [-0.1, -0.05) is 0 Å². The van der Waals surface area contributed by atoms with Crippen LogP contribution in [-0.2, 0) is 0 Å². The Balaban J connectivity index is -0.0000000300. The Kier molecular flexibility index (Phi) is 38.6. The van der Waals surface area contributed by atoms with Crippen molar-refractivity contribution in [1.29, 1.82) is 0 Å². The summed E-state index contributed by atoms with van der Waals surface area (Å²) in [4.78, 5) is -1.50. The van der Waals surface area contributed by atoms with E-state index in [-0.39, 0.29) is 103 Å². The summed E-state index contributed by atoms with van der Waals surface area (Å²) in [5.41, 5.74) is 0. The maximum atomic E-state index is 8.69. The number of nitrogens with zero attached hydrogens (tertiary/aromatic N) is 2. The fourth-order valence-electron chi connectivity index (χ4n) is 0. The predicted octanol–water partition coefficient (Wildman–Crippen LogP) is -6.60. The normalized spacial score (nSPS) is 4.80. The van der Waals surface area contributed by atoms with E-state index in [1.54, 1.807) is 0 Å². The summed E-state index contributed by atoms with van der Waals surface area (Å²) in [7, 11) is 0. The zero-order valence-corrected chi connectivity index (χ0v) is 12.2. The Morgan fingerprint density at radius 3 is 0.700 bits per heavy atom. The van der Waals surface area contributed by atoms with Crippen LogP contribution in [0.5, 0.6) is 0 Å². The van der Waals surface area contributed by atoms with E-state index < -0.39 is 9.80 Å². The van der Waals surface area contributed by atoms with E-state index in [9.17, 15) is 0 Å². The van der Waals surface area contributed by atoms with Crippen molar-refractivity contribution in [2.75, 3.05) is 0 Å². The summed E-state index contributed by atoms with van der Waals surface area (Å²) in [6.45, 7) is 4.72. The number of hydrogen-bond acceptors (Lipinski definition) is 4. The Morgan fingerprint density at radius 2 is 0.700 bits per heavy atom. The van der Waals surface area contributed by atoms with E-state index in [1.165, 1.54) is 0 Å². The Bertz CT molecular complexity index is 77.3. The van der Waals surface area contributed by atoms with Crippen molar-refractivity contribution in [2.24, 2.45) is 0 Å². The van der Waals surface area contributed by atoms with Gasteiger partial charge in [0.2, 0.25) is 0 Å². The summed E-state index contributed by atoms with van der Waals surface area (Å²) in [6.07, 6.45) is 0. The first-order chi connectivity index (χ1) is 3.46. The zero-order valence-electron chi connectivity index (χ0n) is 5.94. The molecule has 0 aromatic heterocycles. The smallest absolute Gasteiger partial charge is 0.613 e. The van der Waals surface area contributed by atoms with E-state index >= 15 is 0 Å². The SMILES string of the molecule is C=[N+]([O-])[O-].C=[N+]([O-])[O-].[K+].[K+]. The number of rotatable bonds is 0. The summed E-state index contributed by atoms with van der Waals surface area (Å²) in [6, 6.07) is 0. The molecule has 0 rings (SSSR count). The van der Waals surface area contributed by atoms with Gasteiger partial charge in [-0.05, 0) is 0 Å². The van der Waals surface area contributed by atoms with Crippen LogP contribution in [0.2, 0.25) is 0 Å². The average Bonchev–Trinajstić information content (AvgIpc) is 1.25. The van der Waals surface area contributed by atoms with Gasteiger partial charge in [0.1, 0.15) is 0 Å². The Hall–Kier alpha value is 1.81. The first-order valence-electron chi connectivity index (χ1n) is 1.36. The second kappa shape index (κ2) is 17.1. The second-order valence-corrected chi connectivity index (χ2v) is 0.665. The molecule has 0 saturated heterocycles. The van der Waals surface area contributed by atoms with Gasteiger partial charge < -0.3 is 20.8 Å². The first kappa shape index (κ1) is 22.6. The molecule has 0 aliphatic carbocycles. The second-order valence-electron chi connectivity index (χ2n) is 0.665. The molecule has 0 aliphatic heterocycles. The van der Waals surface area contributed by atoms with E-state index in [0.29, 0.717) is 0 Å². The molecule has 0 spiro atoms. The zero-order chi connectivity index (χ0) is 7.15. The van der Waals surface area contributed by atoms with Crippen molar-refractivity contribution >= 4 is 13.4 Å². The third-order valence-electron chi connectivity index (χ3n) is 0. The number of hydrogen-bond donors (Lipinski definition) is 0. The summed E-state index contributed by atoms with van der Waals surface area (Å²) >= 11 is 0. The van der Waals surface area contributed by atoms with Gasteiger partial charge in [0.05, 0.1) is 0 Å². The van der Waals surface area contributed by atoms with Crippen molar-refractivity contribution in [1.82, 2.24) is 0 Å². The Labute approximate surface area is 143 Å². The quantitative estimate of drug-likeness (QED) is 0.167. The van der Waals surface area contributed by atoms with Crippen LogP contribution in [0, 0.1) is 20.8 Å². The molecule has 0 N–H and O–H groups in total. The van der Waals surface area contributed by atoms with Gasteiger partial charge in [0.25, 0.3) is 0 Å². The summed E-state index contributed by atoms with van der Waals surface area (Å²) in [5.74, 6) is 0. The molecule has 0 bridgehead atoms. The van der Waals surface area contributed by atoms with Crippen LogP contribution in [0.3, 0.4) is 0 Å². The van der Waals surface area contributed by atoms with Crippen molar-refractivity contribution in [3.05, 3.63) is 20.8 Å². The summed E-state index contributed by atoms with van der Waals surface area (Å²) in [5, 5.41) is 34.8. The molecule has 0 aliphatic rings. The van der Waals surface area contributed by atoms with E-state index in [1.807, 2.05) is 0 Å². The van der Waals surface area contributed by atoms with E-state index in [4.69, 9.17) is 20.8 Å². The standard InChI is InChI=1S/2CH2NO2.2K/c2*1-2(3)4;;/h2*1H2;;/q2*-1;2*+1. The molecule has 0 unspecified atom stereocenters. The molecule has 0 heterocycles. The van der Waals surface area contributed by atoms with Gasteiger partial charge in [0, 0.05) is 0 Å². The molecular weight excluding hydrogens is 194 g/mol.